The number of benzene rings is 2. The maximum atomic E-state index is 5.74. The Hall–Kier alpha value is -1.48. The van der Waals surface area contributed by atoms with E-state index in [1.165, 1.54) is 16.8 Å². The fourth-order valence-corrected chi connectivity index (χ4v) is 2.36. The average molecular weight is 305 g/mol. The summed E-state index contributed by atoms with van der Waals surface area (Å²) in [6.45, 7) is 2.95. The summed E-state index contributed by atoms with van der Waals surface area (Å²) in [7, 11) is 2.09. The van der Waals surface area contributed by atoms with Gasteiger partial charge in [0.2, 0.25) is 0 Å². The van der Waals surface area contributed by atoms with E-state index in [1.54, 1.807) is 0 Å². The van der Waals surface area contributed by atoms with E-state index >= 15 is 0 Å². The number of hydrogen-bond donors (Lipinski definition) is 1. The molecule has 0 radical (unpaired) electrons. The number of nitrogens with two attached hydrogens (primary N) is 1. The molecule has 0 atom stereocenters. The summed E-state index contributed by atoms with van der Waals surface area (Å²) >= 11 is 3.55. The minimum absolute atomic E-state index is 0.781. The van der Waals surface area contributed by atoms with E-state index in [-0.39, 0.29) is 0 Å². The van der Waals surface area contributed by atoms with Crippen LogP contribution in [0.2, 0.25) is 0 Å². The normalized spacial score (nSPS) is 10.4. The van der Waals surface area contributed by atoms with Crippen molar-refractivity contribution in [3.8, 4) is 0 Å². The van der Waals surface area contributed by atoms with Crippen LogP contribution in [0.15, 0.2) is 46.9 Å². The molecule has 0 aliphatic rings. The first-order chi connectivity index (χ1) is 8.56. The van der Waals surface area contributed by atoms with Gasteiger partial charge in [-0.25, -0.2) is 0 Å². The van der Waals surface area contributed by atoms with E-state index in [2.05, 4.69) is 65.1 Å². The van der Waals surface area contributed by atoms with Crippen LogP contribution in [0.1, 0.15) is 11.1 Å². The van der Waals surface area contributed by atoms with E-state index in [1.807, 2.05) is 12.1 Å². The molecule has 0 saturated heterocycles. The molecule has 2 N–H and O–H groups in total. The Morgan fingerprint density at radius 3 is 2.39 bits per heavy atom. The van der Waals surface area contributed by atoms with E-state index < -0.39 is 0 Å². The monoisotopic (exact) mass is 304 g/mol. The highest BCUT2D eigenvalue weighted by Crippen LogP contribution is 2.23. The van der Waals surface area contributed by atoms with Crippen LogP contribution >= 0.6 is 15.9 Å². The number of nitrogen functional groups attached to an aromatic ring is 1. The van der Waals surface area contributed by atoms with Crippen molar-refractivity contribution in [3.63, 3.8) is 0 Å². The molecule has 0 saturated carbocycles. The minimum Gasteiger partial charge on any atom is -0.399 e. The molecular weight excluding hydrogens is 288 g/mol. The molecule has 2 aromatic rings. The second kappa shape index (κ2) is 5.44. The summed E-state index contributed by atoms with van der Waals surface area (Å²) in [5.41, 5.74) is 10.2. The molecule has 0 amide bonds. The number of nitrogens with zero attached hydrogens (tertiary/aromatic N) is 1. The maximum Gasteiger partial charge on any atom is 0.0437 e. The van der Waals surface area contributed by atoms with Gasteiger partial charge < -0.3 is 10.6 Å². The lowest BCUT2D eigenvalue weighted by atomic mass is 10.1. The van der Waals surface area contributed by atoms with Crippen LogP contribution in [0.4, 0.5) is 11.4 Å². The van der Waals surface area contributed by atoms with Gasteiger partial charge in [0, 0.05) is 29.4 Å². The molecule has 2 rings (SSSR count). The second-order valence-corrected chi connectivity index (χ2v) is 5.40. The minimum atomic E-state index is 0.781. The highest BCUT2D eigenvalue weighted by Gasteiger charge is 2.05. The Morgan fingerprint density at radius 1 is 1.11 bits per heavy atom. The first-order valence-corrected chi connectivity index (χ1v) is 6.67. The third kappa shape index (κ3) is 3.05. The van der Waals surface area contributed by atoms with Crippen molar-refractivity contribution in [2.24, 2.45) is 0 Å². The SMILES string of the molecule is Cc1ccc(N(C)Cc2ccc(N)cc2Br)cc1. The number of anilines is 2. The highest BCUT2D eigenvalue weighted by molar-refractivity contribution is 9.10. The smallest absolute Gasteiger partial charge is 0.0437 e. The molecule has 0 heterocycles. The number of halogens is 1. The predicted molar refractivity (Wildman–Crippen MR) is 81.8 cm³/mol. The van der Waals surface area contributed by atoms with Crippen LogP contribution < -0.4 is 10.6 Å². The van der Waals surface area contributed by atoms with Crippen molar-refractivity contribution in [1.82, 2.24) is 0 Å². The average Bonchev–Trinajstić information content (AvgIpc) is 2.33. The number of rotatable bonds is 3. The summed E-state index contributed by atoms with van der Waals surface area (Å²) in [6, 6.07) is 14.5. The second-order valence-electron chi connectivity index (χ2n) is 4.54. The van der Waals surface area contributed by atoms with Crippen molar-refractivity contribution in [2.45, 2.75) is 13.5 Å². The lowest BCUT2D eigenvalue weighted by molar-refractivity contribution is 0.918. The van der Waals surface area contributed by atoms with Crippen molar-refractivity contribution in [1.29, 1.82) is 0 Å². The highest BCUT2D eigenvalue weighted by atomic mass is 79.9. The van der Waals surface area contributed by atoms with E-state index in [4.69, 9.17) is 5.73 Å². The summed E-state index contributed by atoms with van der Waals surface area (Å²) in [5, 5.41) is 0. The van der Waals surface area contributed by atoms with Gasteiger partial charge in [-0.05, 0) is 36.8 Å². The first-order valence-electron chi connectivity index (χ1n) is 5.88. The Labute approximate surface area is 117 Å². The summed E-state index contributed by atoms with van der Waals surface area (Å²) in [5.74, 6) is 0. The molecule has 2 aromatic carbocycles. The fraction of sp³-hybridized carbons (Fsp3) is 0.200. The third-order valence-electron chi connectivity index (χ3n) is 2.96. The summed E-state index contributed by atoms with van der Waals surface area (Å²) in [4.78, 5) is 2.22. The molecule has 0 unspecified atom stereocenters. The van der Waals surface area contributed by atoms with Gasteiger partial charge in [-0.2, -0.15) is 0 Å². The number of hydrogen-bond acceptors (Lipinski definition) is 2. The van der Waals surface area contributed by atoms with E-state index in [0.29, 0.717) is 0 Å². The summed E-state index contributed by atoms with van der Waals surface area (Å²) in [6.07, 6.45) is 0. The van der Waals surface area contributed by atoms with Crippen LogP contribution in [0, 0.1) is 6.92 Å². The molecule has 2 nitrogen and oxygen atoms in total. The standard InChI is InChI=1S/C15H17BrN2/c1-11-3-7-14(8-4-11)18(2)10-12-5-6-13(17)9-15(12)16/h3-9H,10,17H2,1-2H3. The van der Waals surface area contributed by atoms with E-state index in [0.717, 1.165) is 16.7 Å². The zero-order valence-electron chi connectivity index (χ0n) is 10.7. The summed E-state index contributed by atoms with van der Waals surface area (Å²) < 4.78 is 1.06. The van der Waals surface area contributed by atoms with Crippen LogP contribution in [-0.2, 0) is 6.54 Å². The van der Waals surface area contributed by atoms with Gasteiger partial charge in [0.05, 0.1) is 0 Å². The van der Waals surface area contributed by atoms with Gasteiger partial charge in [-0.15, -0.1) is 0 Å². The van der Waals surface area contributed by atoms with Gasteiger partial charge in [0.15, 0.2) is 0 Å². The molecule has 18 heavy (non-hydrogen) atoms. The molecule has 0 bridgehead atoms. The predicted octanol–water partition coefficient (Wildman–Crippen LogP) is 3.98. The Bertz CT molecular complexity index is 535. The molecule has 0 aliphatic heterocycles. The van der Waals surface area contributed by atoms with Gasteiger partial charge >= 0.3 is 0 Å². The molecular formula is C15H17BrN2. The van der Waals surface area contributed by atoms with Gasteiger partial charge in [0.1, 0.15) is 0 Å². The van der Waals surface area contributed by atoms with E-state index in [9.17, 15) is 0 Å². The third-order valence-corrected chi connectivity index (χ3v) is 3.70. The number of aryl methyl sites for hydroxylation is 1. The van der Waals surface area contributed by atoms with Crippen LogP contribution in [-0.4, -0.2) is 7.05 Å². The first kappa shape index (κ1) is 13.0. The van der Waals surface area contributed by atoms with Gasteiger partial charge in [-0.1, -0.05) is 39.7 Å². The van der Waals surface area contributed by atoms with Crippen LogP contribution in [0.3, 0.4) is 0 Å². The van der Waals surface area contributed by atoms with Gasteiger partial charge in [-0.3, -0.25) is 0 Å². The van der Waals surface area contributed by atoms with Gasteiger partial charge in [0.25, 0.3) is 0 Å². The fourth-order valence-electron chi connectivity index (χ4n) is 1.84. The van der Waals surface area contributed by atoms with Crippen LogP contribution in [0.25, 0.3) is 0 Å². The van der Waals surface area contributed by atoms with Crippen LogP contribution in [0.5, 0.6) is 0 Å². The Balaban J connectivity index is 2.15. The molecule has 0 spiro atoms. The van der Waals surface area contributed by atoms with Crippen molar-refractivity contribution in [3.05, 3.63) is 58.1 Å². The maximum absolute atomic E-state index is 5.74. The zero-order valence-corrected chi connectivity index (χ0v) is 12.2. The molecule has 3 heteroatoms. The Morgan fingerprint density at radius 2 is 1.78 bits per heavy atom. The Kier molecular flexibility index (Phi) is 3.92. The van der Waals surface area contributed by atoms with Crippen molar-refractivity contribution < 1.29 is 0 Å². The lowest BCUT2D eigenvalue weighted by Gasteiger charge is -2.20. The lowest BCUT2D eigenvalue weighted by Crippen LogP contribution is -2.16. The molecule has 0 fully saturated rings. The molecule has 0 aliphatic carbocycles. The van der Waals surface area contributed by atoms with Crippen molar-refractivity contribution >= 4 is 27.3 Å². The largest absolute Gasteiger partial charge is 0.399 e. The van der Waals surface area contributed by atoms with Crippen molar-refractivity contribution in [2.75, 3.05) is 17.7 Å². The molecule has 0 aromatic heterocycles. The molecule has 94 valence electrons. The topological polar surface area (TPSA) is 29.3 Å². The zero-order chi connectivity index (χ0) is 13.1. The quantitative estimate of drug-likeness (QED) is 0.869.